The summed E-state index contributed by atoms with van der Waals surface area (Å²) in [4.78, 5) is 52.9. The molecular formula is C25H28N2O7S. The van der Waals surface area contributed by atoms with Crippen LogP contribution in [0, 0.1) is 0 Å². The molecule has 35 heavy (non-hydrogen) atoms. The molecule has 0 spiro atoms. The van der Waals surface area contributed by atoms with Crippen molar-refractivity contribution in [3.05, 3.63) is 45.1 Å². The summed E-state index contributed by atoms with van der Waals surface area (Å²) < 4.78 is 16.0. The molecule has 0 aliphatic carbocycles. The summed E-state index contributed by atoms with van der Waals surface area (Å²) in [6, 6.07) is 7.07. The summed E-state index contributed by atoms with van der Waals surface area (Å²) >= 11 is 0.843. The van der Waals surface area contributed by atoms with Crippen LogP contribution in [0.3, 0.4) is 0 Å². The first-order chi connectivity index (χ1) is 16.7. The van der Waals surface area contributed by atoms with Gasteiger partial charge in [-0.15, -0.1) is 11.3 Å². The topological polar surface area (TPSA) is 115 Å². The van der Waals surface area contributed by atoms with E-state index in [1.54, 1.807) is 26.0 Å². The second-order valence-electron chi connectivity index (χ2n) is 7.47. The van der Waals surface area contributed by atoms with Gasteiger partial charge in [-0.05, 0) is 45.9 Å². The van der Waals surface area contributed by atoms with Gasteiger partial charge in [-0.3, -0.25) is 4.79 Å². The molecule has 2 aromatic heterocycles. The van der Waals surface area contributed by atoms with E-state index in [4.69, 9.17) is 13.9 Å². The minimum absolute atomic E-state index is 0.00736. The van der Waals surface area contributed by atoms with Gasteiger partial charge in [0.15, 0.2) is 0 Å². The number of hydrogen-bond acceptors (Lipinski definition) is 9. The maximum absolute atomic E-state index is 13.2. The zero-order valence-electron chi connectivity index (χ0n) is 20.4. The maximum atomic E-state index is 13.2. The molecule has 0 aliphatic heterocycles. The SMILES string of the molecule is CCOC(=O)c1sc(NC(C)=O)c(C(=O)OCC)c1-c1cc2ccc(N(CC)CC)cc2oc1=O. The van der Waals surface area contributed by atoms with Gasteiger partial charge in [0.2, 0.25) is 5.91 Å². The Balaban J connectivity index is 2.31. The molecule has 9 nitrogen and oxygen atoms in total. The zero-order chi connectivity index (χ0) is 25.7. The number of fused-ring (bicyclic) bond motifs is 1. The number of hydrogen-bond donors (Lipinski definition) is 1. The molecular weight excluding hydrogens is 472 g/mol. The number of anilines is 2. The summed E-state index contributed by atoms with van der Waals surface area (Å²) in [6.07, 6.45) is 0. The van der Waals surface area contributed by atoms with Crippen LogP contribution in [0.2, 0.25) is 0 Å². The molecule has 1 aromatic carbocycles. The fraction of sp³-hybridized carbons (Fsp3) is 0.360. The number of thiophene rings is 1. The first kappa shape index (κ1) is 26.0. The Morgan fingerprint density at radius 3 is 2.26 bits per heavy atom. The highest BCUT2D eigenvalue weighted by Gasteiger charge is 2.32. The fourth-order valence-electron chi connectivity index (χ4n) is 3.73. The number of nitrogens with one attached hydrogen (secondary N) is 1. The lowest BCUT2D eigenvalue weighted by molar-refractivity contribution is -0.114. The van der Waals surface area contributed by atoms with Crippen molar-refractivity contribution in [2.24, 2.45) is 0 Å². The third kappa shape index (κ3) is 5.37. The Morgan fingerprint density at radius 1 is 1.00 bits per heavy atom. The molecule has 0 saturated heterocycles. The van der Waals surface area contributed by atoms with Crippen molar-refractivity contribution in [2.75, 3.05) is 36.5 Å². The van der Waals surface area contributed by atoms with Crippen molar-refractivity contribution in [3.63, 3.8) is 0 Å². The van der Waals surface area contributed by atoms with Crippen molar-refractivity contribution < 1.29 is 28.3 Å². The van der Waals surface area contributed by atoms with Crippen LogP contribution in [0.4, 0.5) is 10.7 Å². The molecule has 1 N–H and O–H groups in total. The van der Waals surface area contributed by atoms with E-state index < -0.39 is 23.5 Å². The van der Waals surface area contributed by atoms with E-state index in [2.05, 4.69) is 10.2 Å². The van der Waals surface area contributed by atoms with Gasteiger partial charge in [0.1, 0.15) is 21.0 Å². The first-order valence-electron chi connectivity index (χ1n) is 11.4. The standard InChI is InChI=1S/C25H28N2O7S/c1-6-27(7-2)16-11-10-15-12-17(23(29)34-18(15)13-16)19-20(24(30)32-8-3)22(26-14(5)28)35-21(19)25(31)33-9-4/h10-13H,6-9H2,1-5H3,(H,26,28). The summed E-state index contributed by atoms with van der Waals surface area (Å²) in [6.45, 7) is 10.3. The van der Waals surface area contributed by atoms with Gasteiger partial charge < -0.3 is 24.1 Å². The predicted molar refractivity (Wildman–Crippen MR) is 136 cm³/mol. The molecule has 186 valence electrons. The molecule has 0 saturated carbocycles. The third-order valence-corrected chi connectivity index (χ3v) is 6.34. The lowest BCUT2D eigenvalue weighted by Gasteiger charge is -2.21. The molecule has 0 bridgehead atoms. The predicted octanol–water partition coefficient (Wildman–Crippen LogP) is 4.68. The molecule has 0 fully saturated rings. The van der Waals surface area contributed by atoms with Crippen LogP contribution in [-0.2, 0) is 14.3 Å². The lowest BCUT2D eigenvalue weighted by atomic mass is 10.0. The van der Waals surface area contributed by atoms with Gasteiger partial charge in [-0.25, -0.2) is 14.4 Å². The number of benzene rings is 1. The van der Waals surface area contributed by atoms with Crippen LogP contribution in [-0.4, -0.2) is 44.1 Å². The quantitative estimate of drug-likeness (QED) is 0.333. The minimum Gasteiger partial charge on any atom is -0.462 e. The van der Waals surface area contributed by atoms with Crippen molar-refractivity contribution in [3.8, 4) is 11.1 Å². The Morgan fingerprint density at radius 2 is 1.66 bits per heavy atom. The van der Waals surface area contributed by atoms with Gasteiger partial charge in [0.05, 0.1) is 18.8 Å². The average Bonchev–Trinajstić information content (AvgIpc) is 3.18. The van der Waals surface area contributed by atoms with Crippen LogP contribution in [0.1, 0.15) is 54.6 Å². The summed E-state index contributed by atoms with van der Waals surface area (Å²) in [5, 5.41) is 3.25. The Kier molecular flexibility index (Phi) is 8.29. The molecule has 10 heteroatoms. The summed E-state index contributed by atoms with van der Waals surface area (Å²) in [7, 11) is 0. The second kappa shape index (κ2) is 11.2. The Hall–Kier alpha value is -3.66. The monoisotopic (exact) mass is 500 g/mol. The Bertz CT molecular complexity index is 1320. The summed E-state index contributed by atoms with van der Waals surface area (Å²) in [5.74, 6) is -1.96. The molecule has 0 unspecified atom stereocenters. The van der Waals surface area contributed by atoms with Gasteiger partial charge in [-0.2, -0.15) is 0 Å². The van der Waals surface area contributed by atoms with E-state index in [0.29, 0.717) is 11.0 Å². The first-order valence-corrected chi connectivity index (χ1v) is 12.2. The number of carbonyl (C=O) groups excluding carboxylic acids is 3. The molecule has 0 atom stereocenters. The van der Waals surface area contributed by atoms with E-state index in [1.165, 1.54) is 6.92 Å². The van der Waals surface area contributed by atoms with Crippen molar-refractivity contribution in [1.82, 2.24) is 0 Å². The highest BCUT2D eigenvalue weighted by molar-refractivity contribution is 7.19. The summed E-state index contributed by atoms with van der Waals surface area (Å²) in [5.41, 5.74) is 0.447. The van der Waals surface area contributed by atoms with E-state index in [-0.39, 0.29) is 39.8 Å². The van der Waals surface area contributed by atoms with E-state index in [0.717, 1.165) is 30.1 Å². The van der Waals surface area contributed by atoms with Gasteiger partial charge in [0, 0.05) is 42.7 Å². The zero-order valence-corrected chi connectivity index (χ0v) is 21.2. The number of amides is 1. The smallest absolute Gasteiger partial charge is 0.349 e. The number of ether oxygens (including phenoxy) is 2. The van der Waals surface area contributed by atoms with Crippen LogP contribution in [0.25, 0.3) is 22.1 Å². The van der Waals surface area contributed by atoms with E-state index in [1.807, 2.05) is 26.0 Å². The molecule has 3 rings (SSSR count). The molecule has 0 radical (unpaired) electrons. The number of rotatable bonds is 9. The van der Waals surface area contributed by atoms with E-state index >= 15 is 0 Å². The molecule has 1 amide bonds. The van der Waals surface area contributed by atoms with Gasteiger partial charge in [-0.1, -0.05) is 0 Å². The molecule has 3 aromatic rings. The number of esters is 2. The molecule has 2 heterocycles. The van der Waals surface area contributed by atoms with Crippen LogP contribution in [0.5, 0.6) is 0 Å². The van der Waals surface area contributed by atoms with Crippen molar-refractivity contribution in [2.45, 2.75) is 34.6 Å². The fourth-order valence-corrected chi connectivity index (χ4v) is 4.88. The Labute approximate surface area is 206 Å². The molecule has 0 aliphatic rings. The highest BCUT2D eigenvalue weighted by atomic mass is 32.1. The second-order valence-corrected chi connectivity index (χ2v) is 8.50. The third-order valence-electron chi connectivity index (χ3n) is 5.26. The van der Waals surface area contributed by atoms with Crippen LogP contribution in [0.15, 0.2) is 33.5 Å². The van der Waals surface area contributed by atoms with Crippen LogP contribution >= 0.6 is 11.3 Å². The minimum atomic E-state index is -0.783. The lowest BCUT2D eigenvalue weighted by Crippen LogP contribution is -2.21. The van der Waals surface area contributed by atoms with Crippen LogP contribution < -0.4 is 15.8 Å². The van der Waals surface area contributed by atoms with Gasteiger partial charge in [0.25, 0.3) is 0 Å². The van der Waals surface area contributed by atoms with Crippen molar-refractivity contribution >= 4 is 50.8 Å². The maximum Gasteiger partial charge on any atom is 0.349 e. The highest BCUT2D eigenvalue weighted by Crippen LogP contribution is 2.41. The number of nitrogens with zero attached hydrogens (tertiary/aromatic N) is 1. The number of carbonyl (C=O) groups is 3. The average molecular weight is 501 g/mol. The normalized spacial score (nSPS) is 10.8. The van der Waals surface area contributed by atoms with E-state index in [9.17, 15) is 19.2 Å². The van der Waals surface area contributed by atoms with Crippen molar-refractivity contribution in [1.29, 1.82) is 0 Å². The van der Waals surface area contributed by atoms with Gasteiger partial charge >= 0.3 is 17.6 Å². The largest absolute Gasteiger partial charge is 0.462 e.